The Bertz CT molecular complexity index is 130. The molecule has 0 aromatic rings. The van der Waals surface area contributed by atoms with Crippen LogP contribution in [-0.4, -0.2) is 23.8 Å². The van der Waals surface area contributed by atoms with Gasteiger partial charge in [-0.2, -0.15) is 0 Å². The third-order valence-corrected chi connectivity index (χ3v) is 2.80. The van der Waals surface area contributed by atoms with Crippen molar-refractivity contribution in [3.05, 3.63) is 0 Å². The maximum absolute atomic E-state index is 9.02. The summed E-state index contributed by atoms with van der Waals surface area (Å²) < 4.78 is 0. The van der Waals surface area contributed by atoms with Crippen LogP contribution >= 0.6 is 0 Å². The molecule has 66 valence electrons. The number of aliphatic hydroxyl groups excluding tert-OH is 1. The monoisotopic (exact) mass is 157 g/mol. The average molecular weight is 157 g/mol. The Balaban J connectivity index is 2.16. The van der Waals surface area contributed by atoms with Gasteiger partial charge in [0.15, 0.2) is 0 Å². The zero-order chi connectivity index (χ0) is 8.48. The lowest BCUT2D eigenvalue weighted by molar-refractivity contribution is 0.180. The Morgan fingerprint density at radius 2 is 2.00 bits per heavy atom. The second-order valence-corrected chi connectivity index (χ2v) is 4.13. The highest BCUT2D eigenvalue weighted by Crippen LogP contribution is 2.47. The third-order valence-electron chi connectivity index (χ3n) is 2.80. The molecule has 0 aromatic heterocycles. The maximum atomic E-state index is 9.02. The first-order chi connectivity index (χ1) is 5.04. The first kappa shape index (κ1) is 9.01. The van der Waals surface area contributed by atoms with Crippen molar-refractivity contribution in [1.29, 1.82) is 0 Å². The Morgan fingerprint density at radius 3 is 2.36 bits per heavy atom. The second-order valence-electron chi connectivity index (χ2n) is 4.13. The van der Waals surface area contributed by atoms with E-state index in [1.807, 2.05) is 6.92 Å². The van der Waals surface area contributed by atoms with Crippen molar-refractivity contribution in [3.63, 3.8) is 0 Å². The van der Waals surface area contributed by atoms with E-state index in [1.54, 1.807) is 0 Å². The molecule has 1 fully saturated rings. The van der Waals surface area contributed by atoms with Gasteiger partial charge in [0.05, 0.1) is 6.10 Å². The van der Waals surface area contributed by atoms with Crippen LogP contribution in [0.3, 0.4) is 0 Å². The minimum absolute atomic E-state index is 0.222. The quantitative estimate of drug-likeness (QED) is 0.641. The largest absolute Gasteiger partial charge is 0.392 e. The Kier molecular flexibility index (Phi) is 2.55. The predicted octanol–water partition coefficient (Wildman–Crippen LogP) is 1.15. The van der Waals surface area contributed by atoms with E-state index in [-0.39, 0.29) is 6.10 Å². The summed E-state index contributed by atoms with van der Waals surface area (Å²) in [6.07, 6.45) is 2.45. The summed E-state index contributed by atoms with van der Waals surface area (Å²) in [4.78, 5) is 0. The van der Waals surface area contributed by atoms with Crippen LogP contribution in [0.25, 0.3) is 0 Å². The second kappa shape index (κ2) is 3.11. The van der Waals surface area contributed by atoms with Gasteiger partial charge in [0.2, 0.25) is 0 Å². The first-order valence-corrected chi connectivity index (χ1v) is 4.46. The molecule has 0 saturated heterocycles. The van der Waals surface area contributed by atoms with Gasteiger partial charge in [-0.3, -0.25) is 0 Å². The molecule has 2 nitrogen and oxygen atoms in total. The van der Waals surface area contributed by atoms with E-state index in [1.165, 1.54) is 12.8 Å². The van der Waals surface area contributed by atoms with Crippen LogP contribution in [-0.2, 0) is 0 Å². The summed E-state index contributed by atoms with van der Waals surface area (Å²) >= 11 is 0. The van der Waals surface area contributed by atoms with E-state index in [4.69, 9.17) is 5.11 Å². The van der Waals surface area contributed by atoms with Crippen molar-refractivity contribution in [2.75, 3.05) is 6.54 Å². The molecule has 1 aliphatic carbocycles. The zero-order valence-corrected chi connectivity index (χ0v) is 7.72. The number of hydrogen-bond donors (Lipinski definition) is 2. The van der Waals surface area contributed by atoms with Crippen LogP contribution in [0.15, 0.2) is 0 Å². The molecule has 11 heavy (non-hydrogen) atoms. The molecule has 0 bridgehead atoms. The van der Waals surface area contributed by atoms with Gasteiger partial charge in [-0.05, 0) is 32.1 Å². The van der Waals surface area contributed by atoms with Gasteiger partial charge < -0.3 is 10.4 Å². The topological polar surface area (TPSA) is 32.3 Å². The smallest absolute Gasteiger partial charge is 0.0636 e. The maximum Gasteiger partial charge on any atom is 0.0636 e. The molecule has 0 heterocycles. The first-order valence-electron chi connectivity index (χ1n) is 4.46. The molecule has 1 saturated carbocycles. The minimum Gasteiger partial charge on any atom is -0.392 e. The fourth-order valence-electron chi connectivity index (χ4n) is 1.22. The van der Waals surface area contributed by atoms with Crippen molar-refractivity contribution < 1.29 is 5.11 Å². The summed E-state index contributed by atoms with van der Waals surface area (Å²) in [5.74, 6) is 0. The summed E-state index contributed by atoms with van der Waals surface area (Å²) in [6, 6.07) is 0.553. The lowest BCUT2D eigenvalue weighted by Crippen LogP contribution is -2.37. The molecule has 0 spiro atoms. The predicted molar refractivity (Wildman–Crippen MR) is 46.5 cm³/mol. The SMILES string of the molecule is CC(NC[C@@H](C)O)C1(C)CC1. The summed E-state index contributed by atoms with van der Waals surface area (Å²) in [5.41, 5.74) is 0.523. The van der Waals surface area contributed by atoms with Gasteiger partial charge in [-0.25, -0.2) is 0 Å². The fourth-order valence-corrected chi connectivity index (χ4v) is 1.22. The van der Waals surface area contributed by atoms with E-state index < -0.39 is 0 Å². The van der Waals surface area contributed by atoms with Crippen molar-refractivity contribution >= 4 is 0 Å². The van der Waals surface area contributed by atoms with E-state index in [0.717, 1.165) is 6.54 Å². The highest BCUT2D eigenvalue weighted by atomic mass is 16.3. The lowest BCUT2D eigenvalue weighted by Gasteiger charge is -2.21. The van der Waals surface area contributed by atoms with Gasteiger partial charge in [-0.1, -0.05) is 6.92 Å². The normalized spacial score (nSPS) is 26.2. The van der Waals surface area contributed by atoms with Crippen LogP contribution in [0.4, 0.5) is 0 Å². The molecule has 1 rings (SSSR count). The fraction of sp³-hybridized carbons (Fsp3) is 1.00. The standard InChI is InChI=1S/C9H19NO/c1-7(11)6-10-8(2)9(3)4-5-9/h7-8,10-11H,4-6H2,1-3H3/t7-,8?/m1/s1. The summed E-state index contributed by atoms with van der Waals surface area (Å²) in [6.45, 7) is 7.04. The Morgan fingerprint density at radius 1 is 1.45 bits per heavy atom. The lowest BCUT2D eigenvalue weighted by atomic mass is 10.0. The number of nitrogens with one attached hydrogen (secondary N) is 1. The van der Waals surface area contributed by atoms with Gasteiger partial charge in [0, 0.05) is 12.6 Å². The number of aliphatic hydroxyl groups is 1. The van der Waals surface area contributed by atoms with Gasteiger partial charge >= 0.3 is 0 Å². The van der Waals surface area contributed by atoms with Crippen LogP contribution in [0.2, 0.25) is 0 Å². The van der Waals surface area contributed by atoms with E-state index in [0.29, 0.717) is 11.5 Å². The van der Waals surface area contributed by atoms with Gasteiger partial charge in [0.1, 0.15) is 0 Å². The van der Waals surface area contributed by atoms with Crippen LogP contribution in [0.5, 0.6) is 0 Å². The molecule has 0 radical (unpaired) electrons. The summed E-state index contributed by atoms with van der Waals surface area (Å²) in [7, 11) is 0. The highest BCUT2D eigenvalue weighted by Gasteiger charge is 2.42. The molecule has 0 aliphatic heterocycles. The number of rotatable bonds is 4. The van der Waals surface area contributed by atoms with Crippen molar-refractivity contribution in [1.82, 2.24) is 5.32 Å². The highest BCUT2D eigenvalue weighted by molar-refractivity contribution is 4.96. The van der Waals surface area contributed by atoms with E-state index in [9.17, 15) is 0 Å². The van der Waals surface area contributed by atoms with Crippen LogP contribution in [0, 0.1) is 5.41 Å². The molecule has 2 atom stereocenters. The van der Waals surface area contributed by atoms with Gasteiger partial charge in [0.25, 0.3) is 0 Å². The van der Waals surface area contributed by atoms with E-state index in [2.05, 4.69) is 19.2 Å². The molecular formula is C9H19NO. The minimum atomic E-state index is -0.222. The average Bonchev–Trinajstić information content (AvgIpc) is 2.64. The van der Waals surface area contributed by atoms with E-state index >= 15 is 0 Å². The van der Waals surface area contributed by atoms with Crippen LogP contribution in [0.1, 0.15) is 33.6 Å². The van der Waals surface area contributed by atoms with Crippen molar-refractivity contribution in [3.8, 4) is 0 Å². The molecule has 0 amide bonds. The summed E-state index contributed by atoms with van der Waals surface area (Å²) in [5, 5.41) is 12.4. The molecule has 1 unspecified atom stereocenters. The molecule has 2 heteroatoms. The van der Waals surface area contributed by atoms with Crippen LogP contribution < -0.4 is 5.32 Å². The Labute approximate surface area is 69.0 Å². The van der Waals surface area contributed by atoms with Gasteiger partial charge in [-0.15, -0.1) is 0 Å². The molecular weight excluding hydrogens is 138 g/mol. The van der Waals surface area contributed by atoms with Crippen molar-refractivity contribution in [2.45, 2.75) is 45.8 Å². The molecule has 1 aliphatic rings. The zero-order valence-electron chi connectivity index (χ0n) is 7.72. The van der Waals surface area contributed by atoms with Crippen molar-refractivity contribution in [2.24, 2.45) is 5.41 Å². The number of hydrogen-bond acceptors (Lipinski definition) is 2. The Hall–Kier alpha value is -0.0800. The molecule has 2 N–H and O–H groups in total. The molecule has 0 aromatic carbocycles. The third kappa shape index (κ3) is 2.46.